The standard InChI is InChI=1S/C20H28N4/c1-22(2)20-10-9-16(12-21-20)13-23(3)15-19-11-17-7-5-6-8-18(17)14-24(19)4/h5-10,12,19H,11,13-15H2,1-4H3. The van der Waals surface area contributed by atoms with Crippen LogP contribution in [0.2, 0.25) is 0 Å². The van der Waals surface area contributed by atoms with Crippen molar-refractivity contribution in [2.75, 3.05) is 39.6 Å². The van der Waals surface area contributed by atoms with E-state index in [0.717, 1.165) is 31.9 Å². The SMILES string of the molecule is CN(Cc1ccc(N(C)C)nc1)CC1Cc2ccccc2CN1C. The zero-order valence-electron chi connectivity index (χ0n) is 15.2. The summed E-state index contributed by atoms with van der Waals surface area (Å²) in [5.41, 5.74) is 4.25. The van der Waals surface area contributed by atoms with E-state index in [4.69, 9.17) is 0 Å². The van der Waals surface area contributed by atoms with Crippen LogP contribution in [0.4, 0.5) is 5.82 Å². The number of aromatic nitrogens is 1. The van der Waals surface area contributed by atoms with E-state index in [2.05, 4.69) is 65.3 Å². The highest BCUT2D eigenvalue weighted by atomic mass is 15.2. The highest BCUT2D eigenvalue weighted by Crippen LogP contribution is 2.22. The molecule has 3 rings (SSSR count). The second-order valence-corrected chi connectivity index (χ2v) is 7.16. The second-order valence-electron chi connectivity index (χ2n) is 7.16. The maximum absolute atomic E-state index is 4.51. The Labute approximate surface area is 145 Å². The lowest BCUT2D eigenvalue weighted by atomic mass is 9.94. The molecule has 0 amide bonds. The quantitative estimate of drug-likeness (QED) is 0.843. The fraction of sp³-hybridized carbons (Fsp3) is 0.450. The number of fused-ring (bicyclic) bond motifs is 1. The Hall–Kier alpha value is -1.91. The van der Waals surface area contributed by atoms with Crippen LogP contribution < -0.4 is 4.90 Å². The molecule has 128 valence electrons. The Morgan fingerprint density at radius 3 is 2.50 bits per heavy atom. The molecular formula is C20H28N4. The lowest BCUT2D eigenvalue weighted by Gasteiger charge is -2.36. The second kappa shape index (κ2) is 7.32. The molecule has 24 heavy (non-hydrogen) atoms. The monoisotopic (exact) mass is 324 g/mol. The molecule has 4 nitrogen and oxygen atoms in total. The first kappa shape index (κ1) is 16.9. The number of hydrogen-bond donors (Lipinski definition) is 0. The van der Waals surface area contributed by atoms with E-state index in [1.54, 1.807) is 0 Å². The first-order valence-corrected chi connectivity index (χ1v) is 8.61. The van der Waals surface area contributed by atoms with Crippen LogP contribution in [0.25, 0.3) is 0 Å². The summed E-state index contributed by atoms with van der Waals surface area (Å²) in [7, 11) is 8.48. The van der Waals surface area contributed by atoms with Crippen molar-refractivity contribution in [2.45, 2.75) is 25.6 Å². The minimum absolute atomic E-state index is 0.568. The molecule has 0 saturated carbocycles. The summed E-state index contributed by atoms with van der Waals surface area (Å²) in [5.74, 6) is 1.00. The van der Waals surface area contributed by atoms with Crippen LogP contribution >= 0.6 is 0 Å². The Morgan fingerprint density at radius 1 is 1.08 bits per heavy atom. The maximum Gasteiger partial charge on any atom is 0.127 e. The molecule has 1 aliphatic rings. The van der Waals surface area contributed by atoms with Gasteiger partial charge in [-0.05, 0) is 43.3 Å². The zero-order valence-corrected chi connectivity index (χ0v) is 15.2. The van der Waals surface area contributed by atoms with Crippen molar-refractivity contribution in [3.8, 4) is 0 Å². The largest absolute Gasteiger partial charge is 0.363 e. The fourth-order valence-electron chi connectivity index (χ4n) is 3.43. The number of pyridine rings is 1. The third kappa shape index (κ3) is 3.94. The topological polar surface area (TPSA) is 22.6 Å². The molecule has 0 saturated heterocycles. The summed E-state index contributed by atoms with van der Waals surface area (Å²) in [6, 6.07) is 13.7. The summed E-state index contributed by atoms with van der Waals surface area (Å²) >= 11 is 0. The van der Waals surface area contributed by atoms with Gasteiger partial charge in [0.25, 0.3) is 0 Å². The van der Waals surface area contributed by atoms with E-state index in [1.807, 2.05) is 25.2 Å². The van der Waals surface area contributed by atoms with Crippen molar-refractivity contribution in [3.05, 3.63) is 59.3 Å². The summed E-state index contributed by atoms with van der Waals surface area (Å²) in [6.45, 7) is 3.06. The van der Waals surface area contributed by atoms with Gasteiger partial charge in [-0.15, -0.1) is 0 Å². The fourth-order valence-corrected chi connectivity index (χ4v) is 3.43. The molecule has 0 spiro atoms. The molecule has 0 fully saturated rings. The van der Waals surface area contributed by atoms with Gasteiger partial charge in [0, 0.05) is 46.0 Å². The molecule has 1 aliphatic heterocycles. The van der Waals surface area contributed by atoms with Crippen molar-refractivity contribution < 1.29 is 0 Å². The molecule has 1 unspecified atom stereocenters. The first-order valence-electron chi connectivity index (χ1n) is 8.61. The Morgan fingerprint density at radius 2 is 1.83 bits per heavy atom. The van der Waals surface area contributed by atoms with Crippen LogP contribution in [0, 0.1) is 0 Å². The normalized spacial score (nSPS) is 17.8. The molecule has 1 aromatic carbocycles. The predicted octanol–water partition coefficient (Wildman–Crippen LogP) is 2.64. The average molecular weight is 324 g/mol. The number of anilines is 1. The molecule has 0 radical (unpaired) electrons. The van der Waals surface area contributed by atoms with Gasteiger partial charge in [-0.3, -0.25) is 4.90 Å². The highest BCUT2D eigenvalue weighted by Gasteiger charge is 2.24. The maximum atomic E-state index is 4.51. The van der Waals surface area contributed by atoms with E-state index in [1.165, 1.54) is 16.7 Å². The Balaban J connectivity index is 1.59. The summed E-state index contributed by atoms with van der Waals surface area (Å²) in [5, 5.41) is 0. The Bertz CT molecular complexity index is 666. The van der Waals surface area contributed by atoms with Gasteiger partial charge in [-0.25, -0.2) is 4.98 Å². The van der Waals surface area contributed by atoms with Gasteiger partial charge in [0.2, 0.25) is 0 Å². The summed E-state index contributed by atoms with van der Waals surface area (Å²) in [6.07, 6.45) is 3.13. The van der Waals surface area contributed by atoms with Gasteiger partial charge < -0.3 is 9.80 Å². The van der Waals surface area contributed by atoms with Crippen LogP contribution in [0.5, 0.6) is 0 Å². The molecule has 2 aromatic rings. The first-order chi connectivity index (χ1) is 11.5. The van der Waals surface area contributed by atoms with Gasteiger partial charge in [-0.2, -0.15) is 0 Å². The molecular weight excluding hydrogens is 296 g/mol. The molecule has 0 N–H and O–H groups in total. The van der Waals surface area contributed by atoms with E-state index in [9.17, 15) is 0 Å². The third-order valence-corrected chi connectivity index (χ3v) is 4.86. The highest BCUT2D eigenvalue weighted by molar-refractivity contribution is 5.37. The van der Waals surface area contributed by atoms with Crippen LogP contribution in [-0.4, -0.2) is 55.6 Å². The number of benzene rings is 1. The van der Waals surface area contributed by atoms with Crippen LogP contribution in [0.1, 0.15) is 16.7 Å². The minimum Gasteiger partial charge on any atom is -0.363 e. The lowest BCUT2D eigenvalue weighted by Crippen LogP contribution is -2.44. The zero-order chi connectivity index (χ0) is 17.1. The van der Waals surface area contributed by atoms with Crippen LogP contribution in [0.3, 0.4) is 0 Å². The third-order valence-electron chi connectivity index (χ3n) is 4.86. The van der Waals surface area contributed by atoms with Gasteiger partial charge in [0.05, 0.1) is 0 Å². The lowest BCUT2D eigenvalue weighted by molar-refractivity contribution is 0.158. The van der Waals surface area contributed by atoms with E-state index in [-0.39, 0.29) is 0 Å². The average Bonchev–Trinajstić information content (AvgIpc) is 2.56. The van der Waals surface area contributed by atoms with Crippen LogP contribution in [-0.2, 0) is 19.5 Å². The van der Waals surface area contributed by atoms with Gasteiger partial charge >= 0.3 is 0 Å². The number of nitrogens with zero attached hydrogens (tertiary/aromatic N) is 4. The van der Waals surface area contributed by atoms with Crippen molar-refractivity contribution >= 4 is 5.82 Å². The molecule has 0 aliphatic carbocycles. The van der Waals surface area contributed by atoms with Crippen molar-refractivity contribution in [1.82, 2.24) is 14.8 Å². The smallest absolute Gasteiger partial charge is 0.127 e. The summed E-state index contributed by atoms with van der Waals surface area (Å²) in [4.78, 5) is 11.4. The van der Waals surface area contributed by atoms with E-state index in [0.29, 0.717) is 6.04 Å². The van der Waals surface area contributed by atoms with Gasteiger partial charge in [0.1, 0.15) is 5.82 Å². The molecule has 0 bridgehead atoms. The van der Waals surface area contributed by atoms with Crippen LogP contribution in [0.15, 0.2) is 42.6 Å². The number of likely N-dealkylation sites (N-methyl/N-ethyl adjacent to an activating group) is 2. The number of hydrogen-bond acceptors (Lipinski definition) is 4. The van der Waals surface area contributed by atoms with Crippen molar-refractivity contribution in [3.63, 3.8) is 0 Å². The minimum atomic E-state index is 0.568. The van der Waals surface area contributed by atoms with Gasteiger partial charge in [0.15, 0.2) is 0 Å². The summed E-state index contributed by atoms with van der Waals surface area (Å²) < 4.78 is 0. The number of rotatable bonds is 5. The molecule has 1 aromatic heterocycles. The molecule has 2 heterocycles. The van der Waals surface area contributed by atoms with E-state index >= 15 is 0 Å². The van der Waals surface area contributed by atoms with Gasteiger partial charge in [-0.1, -0.05) is 30.3 Å². The molecule has 1 atom stereocenters. The predicted molar refractivity (Wildman–Crippen MR) is 100 cm³/mol. The van der Waals surface area contributed by atoms with Crippen molar-refractivity contribution in [1.29, 1.82) is 0 Å². The molecule has 4 heteroatoms. The van der Waals surface area contributed by atoms with E-state index < -0.39 is 0 Å². The Kier molecular flexibility index (Phi) is 5.17. The van der Waals surface area contributed by atoms with Crippen molar-refractivity contribution in [2.24, 2.45) is 0 Å².